The predicted octanol–water partition coefficient (Wildman–Crippen LogP) is 9.26. The van der Waals surface area contributed by atoms with Gasteiger partial charge in [0.2, 0.25) is 0 Å². The molecule has 33 heavy (non-hydrogen) atoms. The van der Waals surface area contributed by atoms with Gasteiger partial charge in [-0.15, -0.1) is 0 Å². The number of hydrogen-bond donors (Lipinski definition) is 0. The van der Waals surface area contributed by atoms with Crippen molar-refractivity contribution in [2.24, 2.45) is 0 Å². The average molecular weight is 422 g/mol. The highest BCUT2D eigenvalue weighted by Gasteiger charge is 2.17. The zero-order valence-corrected chi connectivity index (χ0v) is 18.3. The standard InChI is InChI=1S/C32H23N/c1-2-23-17-20-32(31-14-8-7-13-30(23)31)33(28-18-15-24-9-3-5-11-26(24)21-28)29-19-16-25-10-4-6-12-27(25)22-29/h2-22H,1H2. The zero-order valence-electron chi connectivity index (χ0n) is 18.3. The molecule has 0 N–H and O–H groups in total. The van der Waals surface area contributed by atoms with Gasteiger partial charge in [0.25, 0.3) is 0 Å². The van der Waals surface area contributed by atoms with Gasteiger partial charge in [0, 0.05) is 16.8 Å². The normalized spacial score (nSPS) is 11.2. The van der Waals surface area contributed by atoms with E-state index in [1.165, 1.54) is 32.3 Å². The SMILES string of the molecule is C=Cc1ccc(N(c2ccc3ccccc3c2)c2ccc3ccccc3c2)c2ccccc12. The van der Waals surface area contributed by atoms with E-state index in [1.54, 1.807) is 0 Å². The van der Waals surface area contributed by atoms with Gasteiger partial charge in [-0.1, -0.05) is 104 Å². The molecule has 0 bridgehead atoms. The van der Waals surface area contributed by atoms with E-state index in [4.69, 9.17) is 0 Å². The molecular formula is C32H23N. The Morgan fingerprint density at radius 1 is 0.485 bits per heavy atom. The third-order valence-electron chi connectivity index (χ3n) is 6.38. The summed E-state index contributed by atoms with van der Waals surface area (Å²) in [4.78, 5) is 2.37. The lowest BCUT2D eigenvalue weighted by Gasteiger charge is -2.28. The van der Waals surface area contributed by atoms with E-state index in [1.807, 2.05) is 6.08 Å². The molecule has 6 aromatic rings. The van der Waals surface area contributed by atoms with Gasteiger partial charge in [-0.2, -0.15) is 0 Å². The Morgan fingerprint density at radius 3 is 1.58 bits per heavy atom. The first-order valence-corrected chi connectivity index (χ1v) is 11.2. The van der Waals surface area contributed by atoms with Crippen molar-refractivity contribution in [3.63, 3.8) is 0 Å². The van der Waals surface area contributed by atoms with E-state index in [9.17, 15) is 0 Å². The Balaban J connectivity index is 1.65. The van der Waals surface area contributed by atoms with Crippen LogP contribution in [0.1, 0.15) is 5.56 Å². The third-order valence-corrected chi connectivity index (χ3v) is 6.38. The molecule has 0 aliphatic rings. The van der Waals surface area contributed by atoms with Gasteiger partial charge in [0.1, 0.15) is 0 Å². The van der Waals surface area contributed by atoms with Gasteiger partial charge in [0.05, 0.1) is 5.69 Å². The lowest BCUT2D eigenvalue weighted by Crippen LogP contribution is -2.10. The maximum atomic E-state index is 4.03. The van der Waals surface area contributed by atoms with Crippen LogP contribution < -0.4 is 4.90 Å². The molecule has 0 heterocycles. The topological polar surface area (TPSA) is 3.24 Å². The molecule has 0 aliphatic heterocycles. The van der Waals surface area contributed by atoms with Crippen LogP contribution in [0.5, 0.6) is 0 Å². The highest BCUT2D eigenvalue weighted by Crippen LogP contribution is 2.41. The number of fused-ring (bicyclic) bond motifs is 3. The fraction of sp³-hybridized carbons (Fsp3) is 0. The summed E-state index contributed by atoms with van der Waals surface area (Å²) in [6, 6.07) is 43.4. The Labute approximate surface area is 193 Å². The van der Waals surface area contributed by atoms with E-state index in [0.29, 0.717) is 0 Å². The molecular weight excluding hydrogens is 398 g/mol. The maximum absolute atomic E-state index is 4.03. The summed E-state index contributed by atoms with van der Waals surface area (Å²) >= 11 is 0. The van der Waals surface area contributed by atoms with E-state index in [-0.39, 0.29) is 0 Å². The van der Waals surface area contributed by atoms with Crippen LogP contribution in [0, 0.1) is 0 Å². The monoisotopic (exact) mass is 421 g/mol. The van der Waals surface area contributed by atoms with Crippen molar-refractivity contribution in [2.45, 2.75) is 0 Å². The van der Waals surface area contributed by atoms with Crippen LogP contribution in [0.2, 0.25) is 0 Å². The molecule has 0 saturated carbocycles. The first-order valence-electron chi connectivity index (χ1n) is 11.2. The van der Waals surface area contributed by atoms with Gasteiger partial charge in [-0.25, -0.2) is 0 Å². The second kappa shape index (κ2) is 7.96. The minimum absolute atomic E-state index is 1.14. The molecule has 0 amide bonds. The van der Waals surface area contributed by atoms with Crippen molar-refractivity contribution in [3.05, 3.63) is 133 Å². The summed E-state index contributed by atoms with van der Waals surface area (Å²) in [6.45, 7) is 4.03. The molecule has 0 fully saturated rings. The lowest BCUT2D eigenvalue weighted by molar-refractivity contribution is 1.31. The zero-order chi connectivity index (χ0) is 22.2. The highest BCUT2D eigenvalue weighted by atomic mass is 15.1. The summed E-state index contributed by atoms with van der Waals surface area (Å²) in [5, 5.41) is 7.35. The molecule has 0 unspecified atom stereocenters. The molecule has 156 valence electrons. The van der Waals surface area contributed by atoms with E-state index >= 15 is 0 Å². The fourth-order valence-electron chi connectivity index (χ4n) is 4.74. The molecule has 0 aromatic heterocycles. The number of anilines is 3. The minimum Gasteiger partial charge on any atom is -0.310 e. The van der Waals surface area contributed by atoms with Gasteiger partial charge >= 0.3 is 0 Å². The largest absolute Gasteiger partial charge is 0.310 e. The highest BCUT2D eigenvalue weighted by molar-refractivity contribution is 6.04. The number of hydrogen-bond acceptors (Lipinski definition) is 1. The molecule has 0 saturated heterocycles. The Bertz CT molecular complexity index is 1560. The molecule has 1 nitrogen and oxygen atoms in total. The van der Waals surface area contributed by atoms with Crippen molar-refractivity contribution in [1.82, 2.24) is 0 Å². The Kier molecular flexibility index (Phi) is 4.66. The van der Waals surface area contributed by atoms with Crippen molar-refractivity contribution in [3.8, 4) is 0 Å². The second-order valence-electron chi connectivity index (χ2n) is 8.32. The summed E-state index contributed by atoms with van der Waals surface area (Å²) in [7, 11) is 0. The smallest absolute Gasteiger partial charge is 0.0540 e. The fourth-order valence-corrected chi connectivity index (χ4v) is 4.74. The van der Waals surface area contributed by atoms with E-state index < -0.39 is 0 Å². The van der Waals surface area contributed by atoms with Gasteiger partial charge < -0.3 is 4.90 Å². The number of nitrogens with zero attached hydrogens (tertiary/aromatic N) is 1. The number of rotatable bonds is 4. The molecule has 0 radical (unpaired) electrons. The Morgan fingerprint density at radius 2 is 1.00 bits per heavy atom. The van der Waals surface area contributed by atoms with Gasteiger partial charge in [0.15, 0.2) is 0 Å². The minimum atomic E-state index is 1.14. The van der Waals surface area contributed by atoms with Crippen molar-refractivity contribution in [2.75, 3.05) is 4.90 Å². The summed E-state index contributed by atoms with van der Waals surface area (Å²) in [5.74, 6) is 0. The molecule has 6 rings (SSSR count). The van der Waals surface area contributed by atoms with Crippen molar-refractivity contribution in [1.29, 1.82) is 0 Å². The molecule has 0 atom stereocenters. The maximum Gasteiger partial charge on any atom is 0.0540 e. The molecule has 0 aliphatic carbocycles. The van der Waals surface area contributed by atoms with Crippen LogP contribution in [0.15, 0.2) is 128 Å². The average Bonchev–Trinajstić information content (AvgIpc) is 2.89. The predicted molar refractivity (Wildman–Crippen MR) is 144 cm³/mol. The van der Waals surface area contributed by atoms with Crippen LogP contribution in [0.25, 0.3) is 38.4 Å². The molecule has 1 heteroatoms. The van der Waals surface area contributed by atoms with Crippen LogP contribution in [0.3, 0.4) is 0 Å². The summed E-state index contributed by atoms with van der Waals surface area (Å²) in [6.07, 6.45) is 1.93. The quantitative estimate of drug-likeness (QED) is 0.274. The van der Waals surface area contributed by atoms with Crippen LogP contribution in [-0.4, -0.2) is 0 Å². The van der Waals surface area contributed by atoms with Crippen LogP contribution in [-0.2, 0) is 0 Å². The van der Waals surface area contributed by atoms with E-state index in [2.05, 4.69) is 133 Å². The summed E-state index contributed by atoms with van der Waals surface area (Å²) in [5.41, 5.74) is 4.58. The first kappa shape index (κ1) is 19.3. The Hall–Kier alpha value is -4.36. The lowest BCUT2D eigenvalue weighted by atomic mass is 10.0. The first-order chi connectivity index (χ1) is 16.3. The summed E-state index contributed by atoms with van der Waals surface area (Å²) < 4.78 is 0. The number of benzene rings is 6. The van der Waals surface area contributed by atoms with Gasteiger partial charge in [-0.05, 0) is 62.8 Å². The van der Waals surface area contributed by atoms with Crippen LogP contribution in [0.4, 0.5) is 17.1 Å². The van der Waals surface area contributed by atoms with Crippen molar-refractivity contribution < 1.29 is 0 Å². The second-order valence-corrected chi connectivity index (χ2v) is 8.32. The van der Waals surface area contributed by atoms with Crippen molar-refractivity contribution >= 4 is 55.5 Å². The molecule has 6 aromatic carbocycles. The van der Waals surface area contributed by atoms with E-state index in [0.717, 1.165) is 22.6 Å². The molecule has 0 spiro atoms. The third kappa shape index (κ3) is 3.35. The van der Waals surface area contributed by atoms with Crippen LogP contribution >= 0.6 is 0 Å². The van der Waals surface area contributed by atoms with Gasteiger partial charge in [-0.3, -0.25) is 0 Å².